The SMILES string of the molecule is Cc1cc(C(=O)NCCN2CCNC(=O)C2)c(C=C2C(=O)Nc3ccc(S(=O)(=O)Cc4c(Cl)cccc4Cl)cc32)[nH]1. The Kier molecular flexibility index (Phi) is 8.23. The zero-order valence-corrected chi connectivity index (χ0v) is 24.3. The Morgan fingerprint density at radius 3 is 2.61 bits per heavy atom. The topological polar surface area (TPSA) is 140 Å². The summed E-state index contributed by atoms with van der Waals surface area (Å²) in [5, 5.41) is 8.87. The summed E-state index contributed by atoms with van der Waals surface area (Å²) < 4.78 is 26.6. The number of fused-ring (bicyclic) bond motifs is 1. The molecule has 2 aliphatic heterocycles. The number of piperazine rings is 1. The average Bonchev–Trinajstić information content (AvgIpc) is 3.44. The molecular weight excluding hydrogens is 589 g/mol. The molecule has 0 bridgehead atoms. The first kappa shape index (κ1) is 28.9. The summed E-state index contributed by atoms with van der Waals surface area (Å²) in [7, 11) is -3.87. The molecule has 4 N–H and O–H groups in total. The zero-order valence-electron chi connectivity index (χ0n) is 22.0. The predicted molar refractivity (Wildman–Crippen MR) is 158 cm³/mol. The number of nitrogens with zero attached hydrogens (tertiary/aromatic N) is 1. The van der Waals surface area contributed by atoms with Gasteiger partial charge in [-0.05, 0) is 49.4 Å². The molecule has 1 fully saturated rings. The Balaban J connectivity index is 1.38. The number of H-pyrrole nitrogens is 1. The highest BCUT2D eigenvalue weighted by Crippen LogP contribution is 2.36. The van der Waals surface area contributed by atoms with E-state index in [1.54, 1.807) is 37.3 Å². The van der Waals surface area contributed by atoms with E-state index in [4.69, 9.17) is 23.2 Å². The van der Waals surface area contributed by atoms with Crippen molar-refractivity contribution in [2.24, 2.45) is 0 Å². The van der Waals surface area contributed by atoms with Gasteiger partial charge in [0.15, 0.2) is 9.84 Å². The first-order chi connectivity index (χ1) is 19.5. The van der Waals surface area contributed by atoms with Crippen LogP contribution in [0.1, 0.15) is 32.9 Å². The van der Waals surface area contributed by atoms with Crippen LogP contribution in [-0.2, 0) is 25.2 Å². The predicted octanol–water partition coefficient (Wildman–Crippen LogP) is 3.26. The van der Waals surface area contributed by atoms with Crippen LogP contribution in [0.15, 0.2) is 47.4 Å². The third kappa shape index (κ3) is 6.33. The van der Waals surface area contributed by atoms with Crippen molar-refractivity contribution in [3.63, 3.8) is 0 Å². The van der Waals surface area contributed by atoms with Crippen LogP contribution in [-0.4, -0.2) is 68.7 Å². The largest absolute Gasteiger partial charge is 0.358 e. The van der Waals surface area contributed by atoms with E-state index in [2.05, 4.69) is 20.9 Å². The molecule has 214 valence electrons. The number of amides is 3. The lowest BCUT2D eigenvalue weighted by Gasteiger charge is -2.26. The summed E-state index contributed by atoms with van der Waals surface area (Å²) in [4.78, 5) is 42.6. The summed E-state index contributed by atoms with van der Waals surface area (Å²) in [6.07, 6.45) is 1.54. The molecule has 1 saturated heterocycles. The van der Waals surface area contributed by atoms with Crippen LogP contribution in [0.5, 0.6) is 0 Å². The molecule has 0 saturated carbocycles. The molecule has 5 rings (SSSR count). The van der Waals surface area contributed by atoms with E-state index in [-0.39, 0.29) is 38.9 Å². The van der Waals surface area contributed by atoms with Gasteiger partial charge >= 0.3 is 0 Å². The van der Waals surface area contributed by atoms with Gasteiger partial charge in [0.1, 0.15) is 0 Å². The molecule has 0 aliphatic carbocycles. The van der Waals surface area contributed by atoms with Crippen LogP contribution in [0.4, 0.5) is 5.69 Å². The van der Waals surface area contributed by atoms with Crippen molar-refractivity contribution in [1.82, 2.24) is 20.5 Å². The number of sulfone groups is 1. The summed E-state index contributed by atoms with van der Waals surface area (Å²) in [5.74, 6) is -1.22. The fourth-order valence-corrected chi connectivity index (χ4v) is 6.93. The molecule has 0 atom stereocenters. The van der Waals surface area contributed by atoms with Crippen LogP contribution < -0.4 is 16.0 Å². The van der Waals surface area contributed by atoms with Gasteiger partial charge in [-0.2, -0.15) is 0 Å². The van der Waals surface area contributed by atoms with E-state index in [0.717, 1.165) is 0 Å². The first-order valence-corrected chi connectivity index (χ1v) is 15.2. The highest BCUT2D eigenvalue weighted by Gasteiger charge is 2.28. The third-order valence-electron chi connectivity index (χ3n) is 6.88. The van der Waals surface area contributed by atoms with Gasteiger partial charge in [0.25, 0.3) is 11.8 Å². The standard InChI is InChI=1S/C28H27Cl2N5O5S/c1-16-11-20(27(37)32-8-10-35-9-7-31-26(36)14-35)25(33-16)13-19-18-12-17(5-6-24(18)34-28(19)38)41(39,40)15-21-22(29)3-2-4-23(21)30/h2-6,11-13,33H,7-10,14-15H2,1H3,(H,31,36)(H,32,37)(H,34,38). The van der Waals surface area contributed by atoms with Gasteiger partial charge in [0, 0.05) is 58.7 Å². The summed E-state index contributed by atoms with van der Waals surface area (Å²) >= 11 is 12.4. The number of aromatic amines is 1. The maximum absolute atomic E-state index is 13.3. The molecule has 3 aromatic rings. The third-order valence-corrected chi connectivity index (χ3v) is 9.23. The Bertz CT molecular complexity index is 1680. The quantitative estimate of drug-likeness (QED) is 0.287. The number of carbonyl (C=O) groups excluding carboxylic acids is 3. The molecule has 3 heterocycles. The van der Waals surface area contributed by atoms with E-state index >= 15 is 0 Å². The van der Waals surface area contributed by atoms with Crippen molar-refractivity contribution in [1.29, 1.82) is 0 Å². The molecule has 3 amide bonds. The highest BCUT2D eigenvalue weighted by molar-refractivity contribution is 7.90. The Labute approximate surface area is 247 Å². The van der Waals surface area contributed by atoms with Crippen molar-refractivity contribution in [2.75, 3.05) is 38.0 Å². The number of anilines is 1. The summed E-state index contributed by atoms with van der Waals surface area (Å²) in [6, 6.07) is 10.8. The molecule has 13 heteroatoms. The molecule has 2 aliphatic rings. The van der Waals surface area contributed by atoms with Crippen molar-refractivity contribution in [3.05, 3.63) is 80.6 Å². The van der Waals surface area contributed by atoms with Crippen molar-refractivity contribution < 1.29 is 22.8 Å². The van der Waals surface area contributed by atoms with Crippen molar-refractivity contribution >= 4 is 68.1 Å². The number of benzene rings is 2. The number of rotatable bonds is 8. The first-order valence-electron chi connectivity index (χ1n) is 12.8. The van der Waals surface area contributed by atoms with E-state index in [1.165, 1.54) is 18.2 Å². The molecule has 0 radical (unpaired) electrons. The van der Waals surface area contributed by atoms with E-state index in [9.17, 15) is 22.8 Å². The number of hydrogen-bond acceptors (Lipinski definition) is 6. The molecule has 41 heavy (non-hydrogen) atoms. The lowest BCUT2D eigenvalue weighted by Crippen LogP contribution is -2.49. The molecule has 0 unspecified atom stereocenters. The van der Waals surface area contributed by atoms with Gasteiger partial charge < -0.3 is 20.9 Å². The molecule has 1 aromatic heterocycles. The Morgan fingerprint density at radius 2 is 1.88 bits per heavy atom. The molecule has 0 spiro atoms. The lowest BCUT2D eigenvalue weighted by atomic mass is 10.0. The lowest BCUT2D eigenvalue weighted by molar-refractivity contribution is -0.124. The number of carbonyl (C=O) groups is 3. The minimum absolute atomic E-state index is 0.00154. The van der Waals surface area contributed by atoms with E-state index in [1.807, 2.05) is 4.90 Å². The number of halogens is 2. The maximum atomic E-state index is 13.3. The second-order valence-corrected chi connectivity index (χ2v) is 12.6. The van der Waals surface area contributed by atoms with Gasteiger partial charge in [-0.1, -0.05) is 29.3 Å². The maximum Gasteiger partial charge on any atom is 0.256 e. The van der Waals surface area contributed by atoms with Crippen molar-refractivity contribution in [2.45, 2.75) is 17.6 Å². The van der Waals surface area contributed by atoms with Gasteiger partial charge in [-0.3, -0.25) is 19.3 Å². The number of nitrogens with one attached hydrogen (secondary N) is 4. The van der Waals surface area contributed by atoms with Crippen LogP contribution >= 0.6 is 23.2 Å². The fourth-order valence-electron chi connectivity index (χ4n) is 4.81. The fraction of sp³-hybridized carbons (Fsp3) is 0.250. The van der Waals surface area contributed by atoms with Gasteiger partial charge in [0.05, 0.1) is 34.0 Å². The van der Waals surface area contributed by atoms with E-state index in [0.29, 0.717) is 59.9 Å². The van der Waals surface area contributed by atoms with Crippen LogP contribution in [0.3, 0.4) is 0 Å². The van der Waals surface area contributed by atoms with E-state index < -0.39 is 21.5 Å². The van der Waals surface area contributed by atoms with Gasteiger partial charge in [-0.25, -0.2) is 8.42 Å². The number of hydrogen-bond donors (Lipinski definition) is 4. The van der Waals surface area contributed by atoms with Gasteiger partial charge in [-0.15, -0.1) is 0 Å². The zero-order chi connectivity index (χ0) is 29.3. The summed E-state index contributed by atoms with van der Waals surface area (Å²) in [5.41, 5.74) is 2.81. The van der Waals surface area contributed by atoms with Gasteiger partial charge in [0.2, 0.25) is 5.91 Å². The number of aryl methyl sites for hydroxylation is 1. The second-order valence-electron chi connectivity index (χ2n) is 9.84. The highest BCUT2D eigenvalue weighted by atomic mass is 35.5. The number of aromatic nitrogens is 1. The second kappa shape index (κ2) is 11.7. The average molecular weight is 617 g/mol. The minimum atomic E-state index is -3.87. The molecule has 2 aromatic carbocycles. The smallest absolute Gasteiger partial charge is 0.256 e. The minimum Gasteiger partial charge on any atom is -0.358 e. The van der Waals surface area contributed by atoms with Crippen LogP contribution in [0.25, 0.3) is 11.6 Å². The van der Waals surface area contributed by atoms with Crippen molar-refractivity contribution in [3.8, 4) is 0 Å². The Hall–Kier alpha value is -3.64. The Morgan fingerprint density at radius 1 is 1.12 bits per heavy atom. The summed E-state index contributed by atoms with van der Waals surface area (Å²) in [6.45, 7) is 4.21. The molecular formula is C28H27Cl2N5O5S. The van der Waals surface area contributed by atoms with Crippen LogP contribution in [0.2, 0.25) is 10.0 Å². The molecule has 10 nitrogen and oxygen atoms in total. The van der Waals surface area contributed by atoms with Crippen LogP contribution in [0, 0.1) is 6.92 Å². The monoisotopic (exact) mass is 615 g/mol. The normalized spacial score (nSPS) is 16.4.